The number of nitrogens with zero attached hydrogens (tertiary/aromatic N) is 1. The van der Waals surface area contributed by atoms with Crippen LogP contribution in [0.5, 0.6) is 0 Å². The number of aliphatic hydroxyl groups excluding tert-OH is 1. The number of hydrogen-bond donors (Lipinski definition) is 1. The second-order valence-electron chi connectivity index (χ2n) is 6.02. The molecule has 1 atom stereocenters. The van der Waals surface area contributed by atoms with Gasteiger partial charge in [0.1, 0.15) is 0 Å². The van der Waals surface area contributed by atoms with E-state index in [4.69, 9.17) is 0 Å². The molecule has 1 unspecified atom stereocenters. The summed E-state index contributed by atoms with van der Waals surface area (Å²) in [6.45, 7) is 5.71. The summed E-state index contributed by atoms with van der Waals surface area (Å²) >= 11 is 0. The van der Waals surface area contributed by atoms with Crippen LogP contribution in [0.4, 0.5) is 0 Å². The highest BCUT2D eigenvalue weighted by Crippen LogP contribution is 2.47. The molecule has 1 aliphatic carbocycles. The van der Waals surface area contributed by atoms with Gasteiger partial charge >= 0.3 is 0 Å². The fraction of sp³-hybridized carbons (Fsp3) is 0.846. The van der Waals surface area contributed by atoms with Crippen molar-refractivity contribution in [1.82, 2.24) is 4.90 Å². The lowest BCUT2D eigenvalue weighted by Gasteiger charge is -2.46. The highest BCUT2D eigenvalue weighted by molar-refractivity contribution is 6.06. The van der Waals surface area contributed by atoms with Crippen molar-refractivity contribution in [2.75, 3.05) is 6.61 Å². The Hall–Kier alpha value is -0.900. The summed E-state index contributed by atoms with van der Waals surface area (Å²) in [4.78, 5) is 25.9. The third-order valence-electron chi connectivity index (χ3n) is 4.79. The summed E-state index contributed by atoms with van der Waals surface area (Å²) in [5.41, 5.74) is -1.17. The molecule has 4 nitrogen and oxygen atoms in total. The minimum Gasteiger partial charge on any atom is -0.394 e. The Morgan fingerprint density at radius 2 is 1.94 bits per heavy atom. The first kappa shape index (κ1) is 12.6. The van der Waals surface area contributed by atoms with Crippen LogP contribution in [0.3, 0.4) is 0 Å². The molecule has 4 heteroatoms. The summed E-state index contributed by atoms with van der Waals surface area (Å²) < 4.78 is 0. The Kier molecular flexibility index (Phi) is 2.81. The van der Waals surface area contributed by atoms with Gasteiger partial charge in [-0.1, -0.05) is 13.8 Å². The van der Waals surface area contributed by atoms with Crippen LogP contribution in [0.15, 0.2) is 0 Å². The molecule has 0 aromatic rings. The van der Waals surface area contributed by atoms with Gasteiger partial charge in [-0.15, -0.1) is 0 Å². The standard InChI is InChI=1S/C13H21NO3/c1-9(2)12(3)7-10(16)14(11(12)17)13(8-15)5-4-6-13/h9,15H,4-8H2,1-3H3. The van der Waals surface area contributed by atoms with E-state index in [-0.39, 0.29) is 30.8 Å². The van der Waals surface area contributed by atoms with Crippen LogP contribution in [0.1, 0.15) is 46.5 Å². The predicted octanol–water partition coefficient (Wildman–Crippen LogP) is 1.32. The first-order valence-electron chi connectivity index (χ1n) is 6.36. The lowest BCUT2D eigenvalue weighted by molar-refractivity contribution is -0.156. The second kappa shape index (κ2) is 3.80. The molecule has 0 bridgehead atoms. The zero-order valence-electron chi connectivity index (χ0n) is 10.8. The van der Waals surface area contributed by atoms with Crippen molar-refractivity contribution >= 4 is 11.8 Å². The number of carbonyl (C=O) groups is 2. The Morgan fingerprint density at radius 3 is 2.24 bits per heavy atom. The van der Waals surface area contributed by atoms with E-state index in [9.17, 15) is 14.7 Å². The molecular weight excluding hydrogens is 218 g/mol. The van der Waals surface area contributed by atoms with Crippen LogP contribution in [0.2, 0.25) is 0 Å². The number of aliphatic hydroxyl groups is 1. The molecule has 1 saturated carbocycles. The SMILES string of the molecule is CC(C)C1(C)CC(=O)N(C2(CO)CCC2)C1=O. The van der Waals surface area contributed by atoms with Gasteiger partial charge in [-0.25, -0.2) is 0 Å². The molecule has 0 aromatic heterocycles. The van der Waals surface area contributed by atoms with Crippen molar-refractivity contribution in [3.05, 3.63) is 0 Å². The molecule has 2 aliphatic rings. The third-order valence-corrected chi connectivity index (χ3v) is 4.79. The number of hydrogen-bond acceptors (Lipinski definition) is 3. The molecule has 2 rings (SSSR count). The molecule has 96 valence electrons. The summed E-state index contributed by atoms with van der Waals surface area (Å²) in [5.74, 6) is -0.0639. The van der Waals surface area contributed by atoms with Crippen molar-refractivity contribution in [2.24, 2.45) is 11.3 Å². The van der Waals surface area contributed by atoms with Crippen molar-refractivity contribution < 1.29 is 14.7 Å². The van der Waals surface area contributed by atoms with E-state index in [1.165, 1.54) is 4.90 Å². The van der Waals surface area contributed by atoms with E-state index >= 15 is 0 Å². The summed E-state index contributed by atoms with van der Waals surface area (Å²) in [7, 11) is 0. The number of carbonyl (C=O) groups excluding carboxylic acids is 2. The zero-order chi connectivity index (χ0) is 12.8. The normalized spacial score (nSPS) is 32.2. The minimum atomic E-state index is -0.588. The average Bonchev–Trinajstić information content (AvgIpc) is 2.42. The van der Waals surface area contributed by atoms with Gasteiger partial charge in [-0.3, -0.25) is 14.5 Å². The average molecular weight is 239 g/mol. The van der Waals surface area contributed by atoms with Crippen molar-refractivity contribution in [2.45, 2.75) is 52.0 Å². The predicted molar refractivity (Wildman–Crippen MR) is 63.1 cm³/mol. The quantitative estimate of drug-likeness (QED) is 0.756. The number of likely N-dealkylation sites (tertiary alicyclic amines) is 1. The van der Waals surface area contributed by atoms with Crippen LogP contribution < -0.4 is 0 Å². The number of amides is 2. The van der Waals surface area contributed by atoms with Crippen LogP contribution in [-0.4, -0.2) is 34.0 Å². The van der Waals surface area contributed by atoms with Crippen molar-refractivity contribution in [3.8, 4) is 0 Å². The summed E-state index contributed by atoms with van der Waals surface area (Å²) in [5, 5.41) is 9.50. The first-order valence-corrected chi connectivity index (χ1v) is 6.36. The maximum Gasteiger partial charge on any atom is 0.236 e. The first-order chi connectivity index (χ1) is 7.87. The highest BCUT2D eigenvalue weighted by Gasteiger charge is 2.58. The van der Waals surface area contributed by atoms with E-state index in [1.54, 1.807) is 0 Å². The molecule has 1 N–H and O–H groups in total. The largest absolute Gasteiger partial charge is 0.394 e. The van der Waals surface area contributed by atoms with E-state index in [1.807, 2.05) is 20.8 Å². The molecule has 0 radical (unpaired) electrons. The van der Waals surface area contributed by atoms with E-state index < -0.39 is 11.0 Å². The Balaban J connectivity index is 2.32. The summed E-state index contributed by atoms with van der Waals surface area (Å²) in [6, 6.07) is 0. The van der Waals surface area contributed by atoms with E-state index in [0.29, 0.717) is 0 Å². The van der Waals surface area contributed by atoms with Crippen molar-refractivity contribution in [1.29, 1.82) is 0 Å². The molecule has 0 spiro atoms. The van der Waals surface area contributed by atoms with Gasteiger partial charge in [0.15, 0.2) is 0 Å². The van der Waals surface area contributed by atoms with Gasteiger partial charge in [-0.2, -0.15) is 0 Å². The molecule has 1 saturated heterocycles. The zero-order valence-corrected chi connectivity index (χ0v) is 10.8. The Labute approximate surface area is 102 Å². The third kappa shape index (κ3) is 1.53. The van der Waals surface area contributed by atoms with Gasteiger partial charge < -0.3 is 5.11 Å². The van der Waals surface area contributed by atoms with Crippen LogP contribution in [0.25, 0.3) is 0 Å². The van der Waals surface area contributed by atoms with Gasteiger partial charge in [-0.05, 0) is 32.1 Å². The molecule has 2 fully saturated rings. The van der Waals surface area contributed by atoms with Crippen molar-refractivity contribution in [3.63, 3.8) is 0 Å². The van der Waals surface area contributed by atoms with Crippen LogP contribution in [0, 0.1) is 11.3 Å². The lowest BCUT2D eigenvalue weighted by atomic mass is 9.74. The smallest absolute Gasteiger partial charge is 0.236 e. The maximum atomic E-state index is 12.5. The lowest BCUT2D eigenvalue weighted by Crippen LogP contribution is -2.59. The second-order valence-corrected chi connectivity index (χ2v) is 6.02. The van der Waals surface area contributed by atoms with Crippen LogP contribution >= 0.6 is 0 Å². The van der Waals surface area contributed by atoms with Gasteiger partial charge in [0.25, 0.3) is 0 Å². The molecule has 17 heavy (non-hydrogen) atoms. The van der Waals surface area contributed by atoms with Gasteiger partial charge in [0.05, 0.1) is 17.6 Å². The maximum absolute atomic E-state index is 12.5. The molecule has 1 aliphatic heterocycles. The number of imide groups is 1. The molecule has 0 aromatic carbocycles. The highest BCUT2D eigenvalue weighted by atomic mass is 16.3. The van der Waals surface area contributed by atoms with E-state index in [0.717, 1.165) is 19.3 Å². The molecular formula is C13H21NO3. The van der Waals surface area contributed by atoms with Crippen LogP contribution in [-0.2, 0) is 9.59 Å². The molecule has 1 heterocycles. The Morgan fingerprint density at radius 1 is 1.35 bits per heavy atom. The Bertz CT molecular complexity index is 354. The van der Waals surface area contributed by atoms with Gasteiger partial charge in [0, 0.05) is 6.42 Å². The van der Waals surface area contributed by atoms with Gasteiger partial charge in [0.2, 0.25) is 11.8 Å². The monoisotopic (exact) mass is 239 g/mol. The number of rotatable bonds is 3. The van der Waals surface area contributed by atoms with E-state index in [2.05, 4.69) is 0 Å². The minimum absolute atomic E-state index is 0.0914. The summed E-state index contributed by atoms with van der Waals surface area (Å²) in [6.07, 6.45) is 2.76. The topological polar surface area (TPSA) is 57.6 Å². The fourth-order valence-corrected chi connectivity index (χ4v) is 2.81. The fourth-order valence-electron chi connectivity index (χ4n) is 2.81. The molecule has 2 amide bonds.